The van der Waals surface area contributed by atoms with Crippen LogP contribution in [0, 0.1) is 0 Å². The molecule has 9 heteroatoms. The Labute approximate surface area is 110 Å². The number of nitrogens with zero attached hydrogens (tertiary/aromatic N) is 2. The standard InChI is InChI=1S/C11H8F3N3O3/c12-11(13,14)19-7-2-1-3-8(4-7)20-17-6-16-5-9(17)10(15)18/h1-6H,(H2,15,18). The summed E-state index contributed by atoms with van der Waals surface area (Å²) < 4.78 is 40.9. The van der Waals surface area contributed by atoms with Crippen molar-refractivity contribution in [1.29, 1.82) is 0 Å². The highest BCUT2D eigenvalue weighted by molar-refractivity contribution is 5.90. The second kappa shape index (κ2) is 5.11. The van der Waals surface area contributed by atoms with Crippen LogP contribution in [0.4, 0.5) is 13.2 Å². The van der Waals surface area contributed by atoms with Gasteiger partial charge >= 0.3 is 6.36 Å². The van der Waals surface area contributed by atoms with Gasteiger partial charge in [0.15, 0.2) is 11.4 Å². The van der Waals surface area contributed by atoms with Crippen LogP contribution < -0.4 is 15.3 Å². The molecule has 0 aliphatic carbocycles. The minimum absolute atomic E-state index is 0.0206. The molecular weight excluding hydrogens is 279 g/mol. The summed E-state index contributed by atoms with van der Waals surface area (Å²) in [6, 6.07) is 4.81. The second-order valence-corrected chi connectivity index (χ2v) is 3.58. The molecule has 1 heterocycles. The molecule has 106 valence electrons. The topological polar surface area (TPSA) is 79.4 Å². The summed E-state index contributed by atoms with van der Waals surface area (Å²) in [5.41, 5.74) is 5.02. The Bertz CT molecular complexity index is 625. The van der Waals surface area contributed by atoms with Gasteiger partial charge < -0.3 is 15.3 Å². The number of imidazole rings is 1. The van der Waals surface area contributed by atoms with E-state index in [4.69, 9.17) is 10.6 Å². The van der Waals surface area contributed by atoms with Crippen LogP contribution in [0.1, 0.15) is 10.5 Å². The van der Waals surface area contributed by atoms with Gasteiger partial charge in [-0.2, -0.15) is 4.73 Å². The highest BCUT2D eigenvalue weighted by Gasteiger charge is 2.31. The summed E-state index contributed by atoms with van der Waals surface area (Å²) >= 11 is 0. The number of rotatable bonds is 4. The zero-order valence-electron chi connectivity index (χ0n) is 9.79. The number of carbonyl (C=O) groups is 1. The lowest BCUT2D eigenvalue weighted by atomic mass is 10.3. The van der Waals surface area contributed by atoms with Crippen molar-refractivity contribution in [1.82, 2.24) is 9.71 Å². The molecule has 1 amide bonds. The van der Waals surface area contributed by atoms with Crippen LogP contribution in [0.2, 0.25) is 0 Å². The Morgan fingerprint density at radius 2 is 2.00 bits per heavy atom. The van der Waals surface area contributed by atoms with E-state index in [0.717, 1.165) is 23.2 Å². The van der Waals surface area contributed by atoms with E-state index in [-0.39, 0.29) is 11.4 Å². The average Bonchev–Trinajstić information content (AvgIpc) is 2.75. The van der Waals surface area contributed by atoms with Gasteiger partial charge in [0.1, 0.15) is 12.1 Å². The number of aromatic nitrogens is 2. The molecule has 2 N–H and O–H groups in total. The fourth-order valence-electron chi connectivity index (χ4n) is 1.37. The van der Waals surface area contributed by atoms with E-state index in [1.807, 2.05) is 0 Å². The van der Waals surface area contributed by atoms with E-state index in [0.29, 0.717) is 0 Å². The molecular formula is C11H8F3N3O3. The zero-order chi connectivity index (χ0) is 14.8. The fraction of sp³-hybridized carbons (Fsp3) is 0.0909. The van der Waals surface area contributed by atoms with Crippen molar-refractivity contribution in [2.45, 2.75) is 6.36 Å². The van der Waals surface area contributed by atoms with Crippen molar-refractivity contribution in [2.24, 2.45) is 5.73 Å². The third-order valence-corrected chi connectivity index (χ3v) is 2.10. The van der Waals surface area contributed by atoms with E-state index in [1.54, 1.807) is 0 Å². The Balaban J connectivity index is 2.20. The monoisotopic (exact) mass is 287 g/mol. The van der Waals surface area contributed by atoms with Crippen molar-refractivity contribution < 1.29 is 27.5 Å². The van der Waals surface area contributed by atoms with Crippen LogP contribution in [-0.2, 0) is 0 Å². The maximum Gasteiger partial charge on any atom is 0.573 e. The molecule has 0 saturated carbocycles. The number of nitrogens with two attached hydrogens (primary N) is 1. The average molecular weight is 287 g/mol. The van der Waals surface area contributed by atoms with Crippen molar-refractivity contribution in [3.8, 4) is 11.5 Å². The van der Waals surface area contributed by atoms with E-state index in [9.17, 15) is 18.0 Å². The molecule has 0 aliphatic rings. The largest absolute Gasteiger partial charge is 0.573 e. The first kappa shape index (κ1) is 13.7. The number of amides is 1. The van der Waals surface area contributed by atoms with Crippen LogP contribution in [-0.4, -0.2) is 22.0 Å². The smallest absolute Gasteiger partial charge is 0.406 e. The van der Waals surface area contributed by atoms with Crippen molar-refractivity contribution in [3.05, 3.63) is 42.5 Å². The van der Waals surface area contributed by atoms with E-state index < -0.39 is 18.0 Å². The molecule has 1 aromatic carbocycles. The summed E-state index contributed by atoms with van der Waals surface area (Å²) in [4.78, 5) is 19.9. The number of carbonyl (C=O) groups excluding carboxylic acids is 1. The van der Waals surface area contributed by atoms with E-state index in [1.165, 1.54) is 18.3 Å². The molecule has 20 heavy (non-hydrogen) atoms. The molecule has 6 nitrogen and oxygen atoms in total. The summed E-state index contributed by atoms with van der Waals surface area (Å²) in [5.74, 6) is -1.21. The first-order valence-corrected chi connectivity index (χ1v) is 5.21. The van der Waals surface area contributed by atoms with Gasteiger partial charge in [-0.1, -0.05) is 6.07 Å². The van der Waals surface area contributed by atoms with Gasteiger partial charge in [-0.05, 0) is 12.1 Å². The quantitative estimate of drug-likeness (QED) is 0.928. The van der Waals surface area contributed by atoms with Crippen LogP contribution in [0.15, 0.2) is 36.8 Å². The minimum Gasteiger partial charge on any atom is -0.406 e. The number of hydrogen-bond donors (Lipinski definition) is 1. The summed E-state index contributed by atoms with van der Waals surface area (Å²) in [7, 11) is 0. The molecule has 0 aliphatic heterocycles. The third kappa shape index (κ3) is 3.40. The van der Waals surface area contributed by atoms with Gasteiger partial charge in [0.25, 0.3) is 5.91 Å². The third-order valence-electron chi connectivity index (χ3n) is 2.10. The number of alkyl halides is 3. The highest BCUT2D eigenvalue weighted by atomic mass is 19.4. The molecule has 0 atom stereocenters. The number of hydrogen-bond acceptors (Lipinski definition) is 4. The van der Waals surface area contributed by atoms with Crippen molar-refractivity contribution >= 4 is 5.91 Å². The first-order chi connectivity index (χ1) is 9.35. The van der Waals surface area contributed by atoms with Gasteiger partial charge in [-0.15, -0.1) is 13.2 Å². The number of benzene rings is 1. The molecule has 0 spiro atoms. The minimum atomic E-state index is -4.80. The first-order valence-electron chi connectivity index (χ1n) is 5.21. The van der Waals surface area contributed by atoms with Crippen molar-refractivity contribution in [2.75, 3.05) is 0 Å². The van der Waals surface area contributed by atoms with Crippen LogP contribution in [0.3, 0.4) is 0 Å². The van der Waals surface area contributed by atoms with Crippen LogP contribution in [0.5, 0.6) is 11.5 Å². The zero-order valence-corrected chi connectivity index (χ0v) is 9.79. The SMILES string of the molecule is NC(=O)c1cncn1Oc1cccc(OC(F)(F)F)c1. The maximum atomic E-state index is 12.1. The molecule has 1 aromatic heterocycles. The normalized spacial score (nSPS) is 11.2. The lowest BCUT2D eigenvalue weighted by Gasteiger charge is -2.11. The molecule has 0 saturated heterocycles. The maximum absolute atomic E-state index is 12.1. The number of halogens is 3. The second-order valence-electron chi connectivity index (χ2n) is 3.58. The van der Waals surface area contributed by atoms with Gasteiger partial charge in [-0.25, -0.2) is 4.98 Å². The summed E-state index contributed by atoms with van der Waals surface area (Å²) in [6.45, 7) is 0. The lowest BCUT2D eigenvalue weighted by Crippen LogP contribution is -2.19. The van der Waals surface area contributed by atoms with Crippen LogP contribution >= 0.6 is 0 Å². The fourth-order valence-corrected chi connectivity index (χ4v) is 1.37. The number of primary amides is 1. The van der Waals surface area contributed by atoms with Gasteiger partial charge in [-0.3, -0.25) is 4.79 Å². The van der Waals surface area contributed by atoms with E-state index >= 15 is 0 Å². The predicted octanol–water partition coefficient (Wildman–Crippen LogP) is 1.72. The van der Waals surface area contributed by atoms with Crippen LogP contribution in [0.25, 0.3) is 0 Å². The molecule has 0 bridgehead atoms. The van der Waals surface area contributed by atoms with Gasteiger partial charge in [0, 0.05) is 6.07 Å². The van der Waals surface area contributed by atoms with E-state index in [2.05, 4.69) is 9.72 Å². The summed E-state index contributed by atoms with van der Waals surface area (Å²) in [6.07, 6.45) is -2.48. The molecule has 0 fully saturated rings. The highest BCUT2D eigenvalue weighted by Crippen LogP contribution is 2.26. The Hall–Kier alpha value is -2.71. The molecule has 0 radical (unpaired) electrons. The Morgan fingerprint density at radius 1 is 1.30 bits per heavy atom. The van der Waals surface area contributed by atoms with Gasteiger partial charge in [0.05, 0.1) is 6.20 Å². The Kier molecular flexibility index (Phi) is 3.51. The number of ether oxygens (including phenoxy) is 1. The molecule has 0 unspecified atom stereocenters. The molecule has 2 rings (SSSR count). The van der Waals surface area contributed by atoms with Crippen molar-refractivity contribution in [3.63, 3.8) is 0 Å². The lowest BCUT2D eigenvalue weighted by molar-refractivity contribution is -0.274. The Morgan fingerprint density at radius 3 is 2.65 bits per heavy atom. The summed E-state index contributed by atoms with van der Waals surface area (Å²) in [5, 5.41) is 0. The van der Waals surface area contributed by atoms with Gasteiger partial charge in [0.2, 0.25) is 0 Å². The molecule has 2 aromatic rings. The predicted molar refractivity (Wildman–Crippen MR) is 59.9 cm³/mol.